The van der Waals surface area contributed by atoms with Gasteiger partial charge in [0.05, 0.1) is 19.1 Å². The zero-order chi connectivity index (χ0) is 18.4. The van der Waals surface area contributed by atoms with Crippen molar-refractivity contribution >= 4 is 11.6 Å². The molecule has 26 heavy (non-hydrogen) atoms. The molecule has 2 N–H and O–H groups in total. The van der Waals surface area contributed by atoms with Gasteiger partial charge in [0.25, 0.3) is 0 Å². The first kappa shape index (κ1) is 18.5. The number of carbonyl (C=O) groups excluding carboxylic acids is 1. The summed E-state index contributed by atoms with van der Waals surface area (Å²) in [7, 11) is 0. The summed E-state index contributed by atoms with van der Waals surface area (Å²) in [5.74, 6) is 0.742. The minimum atomic E-state index is -0.148. The number of hydrogen-bond acceptors (Lipinski definition) is 3. The third-order valence-corrected chi connectivity index (χ3v) is 4.93. The molecule has 1 amide bonds. The van der Waals surface area contributed by atoms with Crippen LogP contribution in [0.5, 0.6) is 5.75 Å². The Bertz CT molecular complexity index is 744. The Morgan fingerprint density at radius 1 is 1.19 bits per heavy atom. The molecule has 2 aromatic carbocycles. The molecule has 1 saturated carbocycles. The summed E-state index contributed by atoms with van der Waals surface area (Å²) in [6.45, 7) is 2.86. The van der Waals surface area contributed by atoms with Crippen LogP contribution < -0.4 is 5.32 Å². The van der Waals surface area contributed by atoms with Crippen LogP contribution in [0.25, 0.3) is 0 Å². The molecule has 1 aliphatic rings. The maximum Gasteiger partial charge on any atom is 0.228 e. The Hall–Kier alpha value is -2.33. The quantitative estimate of drug-likeness (QED) is 0.793. The molecule has 0 bridgehead atoms. The van der Waals surface area contributed by atoms with Gasteiger partial charge in [-0.15, -0.1) is 0 Å². The average Bonchev–Trinajstić information content (AvgIpc) is 2.62. The predicted octanol–water partition coefficient (Wildman–Crippen LogP) is 4.67. The summed E-state index contributed by atoms with van der Waals surface area (Å²) in [4.78, 5) is 12.2. The highest BCUT2D eigenvalue weighted by molar-refractivity contribution is 5.92. The van der Waals surface area contributed by atoms with Crippen molar-refractivity contribution in [3.05, 3.63) is 59.7 Å². The summed E-state index contributed by atoms with van der Waals surface area (Å²) >= 11 is 0. The van der Waals surface area contributed by atoms with E-state index in [1.807, 2.05) is 30.3 Å². The van der Waals surface area contributed by atoms with Gasteiger partial charge in [0.15, 0.2) is 0 Å². The monoisotopic (exact) mass is 353 g/mol. The highest BCUT2D eigenvalue weighted by Gasteiger charge is 2.19. The van der Waals surface area contributed by atoms with E-state index in [0.29, 0.717) is 18.3 Å². The normalized spacial score (nSPS) is 19.9. The average molecular weight is 353 g/mol. The summed E-state index contributed by atoms with van der Waals surface area (Å²) in [6.07, 6.45) is 5.32. The lowest BCUT2D eigenvalue weighted by Crippen LogP contribution is -2.21. The van der Waals surface area contributed by atoms with E-state index in [0.717, 1.165) is 30.0 Å². The molecule has 2 aromatic rings. The standard InChI is InChI=1S/C22H27NO3/c1-16-6-4-10-20(12-16)26-15-17-7-5-9-19(13-17)23-22(25)14-18-8-2-3-11-21(18)24/h2-3,5,7-9,11,13,16,20,24H,4,6,10,12,14-15H2,1H3,(H,23,25). The van der Waals surface area contributed by atoms with Crippen molar-refractivity contribution in [1.82, 2.24) is 0 Å². The number of nitrogens with one attached hydrogen (secondary N) is 1. The van der Waals surface area contributed by atoms with Crippen LogP contribution >= 0.6 is 0 Å². The number of carbonyl (C=O) groups is 1. The van der Waals surface area contributed by atoms with Gasteiger partial charge in [0, 0.05) is 11.3 Å². The number of aromatic hydroxyl groups is 1. The van der Waals surface area contributed by atoms with Gasteiger partial charge in [-0.1, -0.05) is 50.1 Å². The van der Waals surface area contributed by atoms with Crippen molar-refractivity contribution in [2.24, 2.45) is 5.92 Å². The Labute approximate surface area is 155 Å². The van der Waals surface area contributed by atoms with Crippen LogP contribution in [0, 0.1) is 5.92 Å². The van der Waals surface area contributed by atoms with E-state index in [4.69, 9.17) is 4.74 Å². The molecule has 1 fully saturated rings. The number of phenolic OH excluding ortho intramolecular Hbond substituents is 1. The molecule has 0 saturated heterocycles. The number of benzene rings is 2. The smallest absolute Gasteiger partial charge is 0.228 e. The molecule has 0 heterocycles. The van der Waals surface area contributed by atoms with Crippen molar-refractivity contribution in [1.29, 1.82) is 0 Å². The van der Waals surface area contributed by atoms with Gasteiger partial charge in [-0.3, -0.25) is 4.79 Å². The van der Waals surface area contributed by atoms with Crippen molar-refractivity contribution in [3.8, 4) is 5.75 Å². The van der Waals surface area contributed by atoms with Gasteiger partial charge in [0.2, 0.25) is 5.91 Å². The fraction of sp³-hybridized carbons (Fsp3) is 0.409. The Morgan fingerprint density at radius 2 is 2.04 bits per heavy atom. The van der Waals surface area contributed by atoms with Crippen LogP contribution in [0.1, 0.15) is 43.7 Å². The molecule has 1 aliphatic carbocycles. The number of amides is 1. The van der Waals surface area contributed by atoms with Gasteiger partial charge >= 0.3 is 0 Å². The highest BCUT2D eigenvalue weighted by atomic mass is 16.5. The van der Waals surface area contributed by atoms with Crippen LogP contribution in [0.2, 0.25) is 0 Å². The topological polar surface area (TPSA) is 58.6 Å². The Morgan fingerprint density at radius 3 is 2.85 bits per heavy atom. The molecular weight excluding hydrogens is 326 g/mol. The second-order valence-corrected chi connectivity index (χ2v) is 7.26. The fourth-order valence-electron chi connectivity index (χ4n) is 3.52. The van der Waals surface area contributed by atoms with E-state index in [1.54, 1.807) is 18.2 Å². The van der Waals surface area contributed by atoms with Gasteiger partial charge < -0.3 is 15.2 Å². The SMILES string of the molecule is CC1CCCC(OCc2cccc(NC(=O)Cc3ccccc3O)c2)C1. The van der Waals surface area contributed by atoms with E-state index >= 15 is 0 Å². The maximum absolute atomic E-state index is 12.2. The molecular formula is C22H27NO3. The lowest BCUT2D eigenvalue weighted by Gasteiger charge is -2.26. The number of para-hydroxylation sites is 1. The van der Waals surface area contributed by atoms with E-state index < -0.39 is 0 Å². The summed E-state index contributed by atoms with van der Waals surface area (Å²) in [5.41, 5.74) is 2.43. The van der Waals surface area contributed by atoms with Crippen LogP contribution in [0.4, 0.5) is 5.69 Å². The second-order valence-electron chi connectivity index (χ2n) is 7.26. The number of rotatable bonds is 6. The number of hydrogen-bond donors (Lipinski definition) is 2. The Kier molecular flexibility index (Phi) is 6.29. The lowest BCUT2D eigenvalue weighted by atomic mass is 9.89. The van der Waals surface area contributed by atoms with E-state index in [9.17, 15) is 9.90 Å². The number of ether oxygens (including phenoxy) is 1. The van der Waals surface area contributed by atoms with Crippen LogP contribution in [0.15, 0.2) is 48.5 Å². The molecule has 0 radical (unpaired) electrons. The van der Waals surface area contributed by atoms with E-state index in [2.05, 4.69) is 12.2 Å². The zero-order valence-electron chi connectivity index (χ0n) is 15.3. The first-order chi connectivity index (χ1) is 12.6. The van der Waals surface area contributed by atoms with Gasteiger partial charge in [-0.05, 0) is 42.5 Å². The fourth-order valence-corrected chi connectivity index (χ4v) is 3.52. The maximum atomic E-state index is 12.2. The van der Waals surface area contributed by atoms with Gasteiger partial charge in [-0.2, -0.15) is 0 Å². The Balaban J connectivity index is 1.53. The zero-order valence-corrected chi connectivity index (χ0v) is 15.3. The predicted molar refractivity (Wildman–Crippen MR) is 103 cm³/mol. The summed E-state index contributed by atoms with van der Waals surface area (Å²) in [5, 5.41) is 12.7. The first-order valence-electron chi connectivity index (χ1n) is 9.37. The molecule has 0 spiro atoms. The van der Waals surface area contributed by atoms with E-state index in [1.165, 1.54) is 12.8 Å². The van der Waals surface area contributed by atoms with Crippen LogP contribution in [-0.2, 0) is 22.6 Å². The minimum Gasteiger partial charge on any atom is -0.508 e. The lowest BCUT2D eigenvalue weighted by molar-refractivity contribution is -0.115. The largest absolute Gasteiger partial charge is 0.508 e. The van der Waals surface area contributed by atoms with Crippen molar-refractivity contribution in [2.45, 2.75) is 51.7 Å². The molecule has 4 nitrogen and oxygen atoms in total. The molecule has 0 aromatic heterocycles. The molecule has 138 valence electrons. The molecule has 2 unspecified atom stereocenters. The van der Waals surface area contributed by atoms with Crippen molar-refractivity contribution < 1.29 is 14.6 Å². The minimum absolute atomic E-state index is 0.145. The summed E-state index contributed by atoms with van der Waals surface area (Å²) in [6, 6.07) is 14.7. The highest BCUT2D eigenvalue weighted by Crippen LogP contribution is 2.26. The number of anilines is 1. The molecule has 3 rings (SSSR count). The van der Waals surface area contributed by atoms with Crippen molar-refractivity contribution in [2.75, 3.05) is 5.32 Å². The van der Waals surface area contributed by atoms with E-state index in [-0.39, 0.29) is 18.1 Å². The number of phenols is 1. The second kappa shape index (κ2) is 8.86. The first-order valence-corrected chi connectivity index (χ1v) is 9.37. The van der Waals surface area contributed by atoms with Crippen LogP contribution in [-0.4, -0.2) is 17.1 Å². The van der Waals surface area contributed by atoms with Gasteiger partial charge in [0.1, 0.15) is 5.75 Å². The van der Waals surface area contributed by atoms with Gasteiger partial charge in [-0.25, -0.2) is 0 Å². The van der Waals surface area contributed by atoms with Crippen molar-refractivity contribution in [3.63, 3.8) is 0 Å². The summed E-state index contributed by atoms with van der Waals surface area (Å²) < 4.78 is 6.07. The molecule has 0 aliphatic heterocycles. The third kappa shape index (κ3) is 5.33. The third-order valence-electron chi connectivity index (χ3n) is 4.93. The van der Waals surface area contributed by atoms with Crippen LogP contribution in [0.3, 0.4) is 0 Å². The molecule has 4 heteroatoms. The molecule has 2 atom stereocenters.